The fraction of sp³-hybridized carbons (Fsp3) is 0.467. The zero-order valence-corrected chi connectivity index (χ0v) is 12.3. The molecule has 0 aliphatic rings. The third-order valence-electron chi connectivity index (χ3n) is 3.36. The lowest BCUT2D eigenvalue weighted by atomic mass is 10.2. The molecule has 0 saturated carbocycles. The summed E-state index contributed by atoms with van der Waals surface area (Å²) < 4.78 is 6.93. The van der Waals surface area contributed by atoms with Crippen molar-refractivity contribution in [1.82, 2.24) is 14.7 Å². The lowest BCUT2D eigenvalue weighted by Crippen LogP contribution is -2.25. The molecule has 5 heteroatoms. The third-order valence-corrected chi connectivity index (χ3v) is 3.36. The van der Waals surface area contributed by atoms with E-state index in [1.807, 2.05) is 29.7 Å². The van der Waals surface area contributed by atoms with Crippen LogP contribution >= 0.6 is 0 Å². The van der Waals surface area contributed by atoms with E-state index in [0.29, 0.717) is 18.7 Å². The van der Waals surface area contributed by atoms with Crippen LogP contribution in [0.3, 0.4) is 0 Å². The lowest BCUT2D eigenvalue weighted by Gasteiger charge is -2.06. The highest BCUT2D eigenvalue weighted by Gasteiger charge is 2.10. The average Bonchev–Trinajstić information content (AvgIpc) is 2.79. The molecule has 0 fully saturated rings. The molecule has 1 amide bonds. The van der Waals surface area contributed by atoms with E-state index >= 15 is 0 Å². The van der Waals surface area contributed by atoms with E-state index in [4.69, 9.17) is 4.74 Å². The SMILES string of the molecule is CCc1nc2ccc(C(=O)NCCCOC)cn2c1C. The summed E-state index contributed by atoms with van der Waals surface area (Å²) in [6.07, 6.45) is 3.56. The topological polar surface area (TPSA) is 55.6 Å². The van der Waals surface area contributed by atoms with E-state index < -0.39 is 0 Å². The van der Waals surface area contributed by atoms with Gasteiger partial charge in [-0.3, -0.25) is 4.79 Å². The number of carbonyl (C=O) groups is 1. The maximum Gasteiger partial charge on any atom is 0.252 e. The van der Waals surface area contributed by atoms with Gasteiger partial charge in [-0.2, -0.15) is 0 Å². The molecule has 108 valence electrons. The number of amides is 1. The van der Waals surface area contributed by atoms with Crippen molar-refractivity contribution in [3.8, 4) is 0 Å². The molecule has 2 heterocycles. The molecule has 0 aliphatic heterocycles. The molecule has 0 radical (unpaired) electrons. The summed E-state index contributed by atoms with van der Waals surface area (Å²) in [5.41, 5.74) is 3.70. The normalized spacial score (nSPS) is 10.9. The summed E-state index contributed by atoms with van der Waals surface area (Å²) in [6.45, 7) is 5.38. The highest BCUT2D eigenvalue weighted by molar-refractivity contribution is 5.94. The van der Waals surface area contributed by atoms with Crippen molar-refractivity contribution < 1.29 is 9.53 Å². The highest BCUT2D eigenvalue weighted by Crippen LogP contribution is 2.13. The first kappa shape index (κ1) is 14.5. The number of aryl methyl sites for hydroxylation is 2. The molecule has 2 aromatic heterocycles. The van der Waals surface area contributed by atoms with Gasteiger partial charge in [-0.05, 0) is 31.9 Å². The van der Waals surface area contributed by atoms with Gasteiger partial charge in [0.05, 0.1) is 11.3 Å². The Balaban J connectivity index is 2.14. The van der Waals surface area contributed by atoms with Gasteiger partial charge in [-0.1, -0.05) is 6.92 Å². The summed E-state index contributed by atoms with van der Waals surface area (Å²) in [5.74, 6) is -0.0610. The van der Waals surface area contributed by atoms with Crippen LogP contribution in [-0.4, -0.2) is 35.6 Å². The standard InChI is InChI=1S/C15H21N3O2/c1-4-13-11(2)18-10-12(6-7-14(18)17-13)15(19)16-8-5-9-20-3/h6-7,10H,4-5,8-9H2,1-3H3,(H,16,19). The van der Waals surface area contributed by atoms with Crippen molar-refractivity contribution in [2.24, 2.45) is 0 Å². The number of aromatic nitrogens is 2. The van der Waals surface area contributed by atoms with Gasteiger partial charge in [0.2, 0.25) is 0 Å². The molecule has 0 aromatic carbocycles. The van der Waals surface area contributed by atoms with E-state index in [0.717, 1.165) is 29.9 Å². The minimum atomic E-state index is -0.0610. The fourth-order valence-corrected chi connectivity index (χ4v) is 2.20. The van der Waals surface area contributed by atoms with Crippen molar-refractivity contribution in [1.29, 1.82) is 0 Å². The Bertz CT molecular complexity index is 604. The maximum atomic E-state index is 12.1. The van der Waals surface area contributed by atoms with Gasteiger partial charge in [0, 0.05) is 32.2 Å². The van der Waals surface area contributed by atoms with Crippen LogP contribution in [0.25, 0.3) is 5.65 Å². The van der Waals surface area contributed by atoms with Crippen LogP contribution in [0.15, 0.2) is 18.3 Å². The second-order valence-corrected chi connectivity index (χ2v) is 4.75. The Morgan fingerprint density at radius 1 is 1.45 bits per heavy atom. The Kier molecular flexibility index (Phi) is 4.74. The second kappa shape index (κ2) is 6.52. The fourth-order valence-electron chi connectivity index (χ4n) is 2.20. The number of nitrogens with zero attached hydrogens (tertiary/aromatic N) is 2. The zero-order chi connectivity index (χ0) is 14.5. The quantitative estimate of drug-likeness (QED) is 0.820. The molecule has 20 heavy (non-hydrogen) atoms. The number of carbonyl (C=O) groups excluding carboxylic acids is 1. The molecular weight excluding hydrogens is 254 g/mol. The molecule has 0 saturated heterocycles. The van der Waals surface area contributed by atoms with Crippen molar-refractivity contribution >= 4 is 11.6 Å². The Morgan fingerprint density at radius 3 is 2.95 bits per heavy atom. The van der Waals surface area contributed by atoms with Gasteiger partial charge < -0.3 is 14.5 Å². The number of pyridine rings is 1. The molecule has 2 aromatic rings. The second-order valence-electron chi connectivity index (χ2n) is 4.75. The first-order valence-electron chi connectivity index (χ1n) is 6.92. The van der Waals surface area contributed by atoms with E-state index in [1.54, 1.807) is 7.11 Å². The maximum absolute atomic E-state index is 12.1. The monoisotopic (exact) mass is 275 g/mol. The van der Waals surface area contributed by atoms with Crippen LogP contribution in [0.2, 0.25) is 0 Å². The molecule has 0 bridgehead atoms. The van der Waals surface area contributed by atoms with Gasteiger partial charge in [0.25, 0.3) is 5.91 Å². The summed E-state index contributed by atoms with van der Waals surface area (Å²) in [5, 5.41) is 2.89. The smallest absolute Gasteiger partial charge is 0.252 e. The largest absolute Gasteiger partial charge is 0.385 e. The van der Waals surface area contributed by atoms with Gasteiger partial charge in [0.1, 0.15) is 5.65 Å². The molecule has 0 spiro atoms. The highest BCUT2D eigenvalue weighted by atomic mass is 16.5. The Hall–Kier alpha value is -1.88. The van der Waals surface area contributed by atoms with Gasteiger partial charge in [-0.25, -0.2) is 4.98 Å². The first-order chi connectivity index (χ1) is 9.67. The van der Waals surface area contributed by atoms with E-state index in [-0.39, 0.29) is 5.91 Å². The number of hydrogen-bond acceptors (Lipinski definition) is 3. The van der Waals surface area contributed by atoms with Crippen molar-refractivity contribution in [3.05, 3.63) is 35.3 Å². The molecule has 5 nitrogen and oxygen atoms in total. The zero-order valence-electron chi connectivity index (χ0n) is 12.3. The lowest BCUT2D eigenvalue weighted by molar-refractivity contribution is 0.0948. The summed E-state index contributed by atoms with van der Waals surface area (Å²) in [6, 6.07) is 3.70. The number of rotatable bonds is 6. The summed E-state index contributed by atoms with van der Waals surface area (Å²) in [4.78, 5) is 16.6. The average molecular weight is 275 g/mol. The minimum Gasteiger partial charge on any atom is -0.385 e. The van der Waals surface area contributed by atoms with E-state index in [1.165, 1.54) is 0 Å². The Morgan fingerprint density at radius 2 is 2.25 bits per heavy atom. The first-order valence-corrected chi connectivity index (χ1v) is 6.92. The van der Waals surface area contributed by atoms with Crippen LogP contribution in [0.4, 0.5) is 0 Å². The third kappa shape index (κ3) is 2.99. The summed E-state index contributed by atoms with van der Waals surface area (Å²) >= 11 is 0. The molecule has 0 atom stereocenters. The van der Waals surface area contributed by atoms with Crippen molar-refractivity contribution in [2.75, 3.05) is 20.3 Å². The number of methoxy groups -OCH3 is 1. The molecule has 0 aliphatic carbocycles. The van der Waals surface area contributed by atoms with Crippen LogP contribution in [-0.2, 0) is 11.2 Å². The molecule has 1 N–H and O–H groups in total. The summed E-state index contributed by atoms with van der Waals surface area (Å²) in [7, 11) is 1.66. The van der Waals surface area contributed by atoms with E-state index in [2.05, 4.69) is 17.2 Å². The number of hydrogen-bond donors (Lipinski definition) is 1. The molecular formula is C15H21N3O2. The number of nitrogens with one attached hydrogen (secondary N) is 1. The van der Waals surface area contributed by atoms with Gasteiger partial charge >= 0.3 is 0 Å². The molecule has 2 rings (SSSR count). The minimum absolute atomic E-state index is 0.0610. The Labute approximate surface area is 119 Å². The number of ether oxygens (including phenoxy) is 1. The number of imidazole rings is 1. The van der Waals surface area contributed by atoms with Crippen LogP contribution in [0, 0.1) is 6.92 Å². The number of fused-ring (bicyclic) bond motifs is 1. The van der Waals surface area contributed by atoms with Crippen LogP contribution < -0.4 is 5.32 Å². The van der Waals surface area contributed by atoms with Gasteiger partial charge in [0.15, 0.2) is 0 Å². The predicted molar refractivity (Wildman–Crippen MR) is 78.1 cm³/mol. The van der Waals surface area contributed by atoms with Crippen LogP contribution in [0.1, 0.15) is 35.1 Å². The van der Waals surface area contributed by atoms with Crippen molar-refractivity contribution in [2.45, 2.75) is 26.7 Å². The van der Waals surface area contributed by atoms with Crippen molar-refractivity contribution in [3.63, 3.8) is 0 Å². The predicted octanol–water partition coefficient (Wildman–Crippen LogP) is 1.97. The molecule has 0 unspecified atom stereocenters. The van der Waals surface area contributed by atoms with Gasteiger partial charge in [-0.15, -0.1) is 0 Å². The van der Waals surface area contributed by atoms with Crippen LogP contribution in [0.5, 0.6) is 0 Å². The van der Waals surface area contributed by atoms with E-state index in [9.17, 15) is 4.79 Å².